The largest absolute Gasteiger partial charge is 0.291 e. The van der Waals surface area contributed by atoms with Crippen LogP contribution in [0, 0.1) is 0 Å². The van der Waals surface area contributed by atoms with Crippen LogP contribution in [0.1, 0.15) is 19.8 Å². The molecule has 0 fully saturated rings. The number of para-hydroxylation sites is 1. The molecular weight excluding hydrogens is 188 g/mol. The van der Waals surface area contributed by atoms with Crippen LogP contribution in [-0.4, -0.2) is 18.0 Å². The van der Waals surface area contributed by atoms with Gasteiger partial charge in [-0.15, -0.1) is 0 Å². The first-order valence-corrected chi connectivity index (χ1v) is 5.24. The fourth-order valence-corrected chi connectivity index (χ4v) is 1.64. The fraction of sp³-hybridized carbons (Fsp3) is 0.333. The number of hydrazone groups is 1. The lowest BCUT2D eigenvalue weighted by Gasteiger charge is -2.11. The average molecular weight is 202 g/mol. The number of anilines is 1. The summed E-state index contributed by atoms with van der Waals surface area (Å²) in [6.07, 6.45) is 1.75. The summed E-state index contributed by atoms with van der Waals surface area (Å²) in [5.41, 5.74) is 1.69. The van der Waals surface area contributed by atoms with Gasteiger partial charge >= 0.3 is 0 Å². The number of hydrogen-bond donors (Lipinski definition) is 0. The number of carbonyl (C=O) groups excluding carboxylic acids is 1. The molecule has 3 nitrogen and oxygen atoms in total. The number of Topliss-reactive ketones (excluding diaryl/α,β-unsaturated/α-hetero) is 1. The number of benzene rings is 1. The lowest BCUT2D eigenvalue weighted by atomic mass is 10.1. The highest BCUT2D eigenvalue weighted by atomic mass is 16.1. The topological polar surface area (TPSA) is 32.7 Å². The maximum absolute atomic E-state index is 11.6. The van der Waals surface area contributed by atoms with Crippen LogP contribution in [-0.2, 0) is 4.79 Å². The highest BCUT2D eigenvalue weighted by Gasteiger charge is 2.23. The summed E-state index contributed by atoms with van der Waals surface area (Å²) in [6, 6.07) is 9.79. The molecule has 2 rings (SSSR count). The first-order chi connectivity index (χ1) is 7.31. The van der Waals surface area contributed by atoms with Crippen molar-refractivity contribution in [2.75, 3.05) is 11.6 Å². The molecule has 0 saturated heterocycles. The van der Waals surface area contributed by atoms with Gasteiger partial charge in [-0.3, -0.25) is 9.80 Å². The third-order valence-electron chi connectivity index (χ3n) is 2.40. The van der Waals surface area contributed by atoms with Gasteiger partial charge in [0.1, 0.15) is 12.3 Å². The van der Waals surface area contributed by atoms with E-state index in [2.05, 4.69) is 12.0 Å². The van der Waals surface area contributed by atoms with E-state index >= 15 is 0 Å². The number of carbonyl (C=O) groups is 1. The highest BCUT2D eigenvalue weighted by Crippen LogP contribution is 2.18. The summed E-state index contributed by atoms with van der Waals surface area (Å²) in [6.45, 7) is 2.44. The molecule has 0 aromatic heterocycles. The zero-order valence-corrected chi connectivity index (χ0v) is 8.81. The monoisotopic (exact) mass is 202 g/mol. The van der Waals surface area contributed by atoms with Crippen LogP contribution in [0.15, 0.2) is 35.4 Å². The van der Waals surface area contributed by atoms with E-state index in [-0.39, 0.29) is 5.78 Å². The first-order valence-electron chi connectivity index (χ1n) is 5.24. The number of ketones is 1. The van der Waals surface area contributed by atoms with Crippen molar-refractivity contribution in [1.82, 2.24) is 0 Å². The molecule has 0 N–H and O–H groups in total. The van der Waals surface area contributed by atoms with Crippen LogP contribution in [0.5, 0.6) is 0 Å². The van der Waals surface area contributed by atoms with E-state index in [4.69, 9.17) is 0 Å². The Balaban J connectivity index is 2.18. The Labute approximate surface area is 89.4 Å². The Morgan fingerprint density at radius 2 is 2.07 bits per heavy atom. The van der Waals surface area contributed by atoms with Crippen molar-refractivity contribution in [3.05, 3.63) is 30.3 Å². The lowest BCUT2D eigenvalue weighted by Crippen LogP contribution is -2.18. The molecule has 0 amide bonds. The third kappa shape index (κ3) is 2.06. The maximum Gasteiger partial charge on any atom is 0.200 e. The molecule has 1 heterocycles. The summed E-state index contributed by atoms with van der Waals surface area (Å²) in [7, 11) is 0. The summed E-state index contributed by atoms with van der Waals surface area (Å²) >= 11 is 0. The molecule has 0 spiro atoms. The molecule has 1 aliphatic heterocycles. The van der Waals surface area contributed by atoms with Gasteiger partial charge in [0.2, 0.25) is 0 Å². The van der Waals surface area contributed by atoms with Crippen molar-refractivity contribution in [1.29, 1.82) is 0 Å². The standard InChI is InChI=1S/C12H14N2O/c1-2-6-11-12(15)9-14(13-11)10-7-4-3-5-8-10/h3-5,7-8H,2,6,9H2,1H3. The Morgan fingerprint density at radius 1 is 1.33 bits per heavy atom. The van der Waals surface area contributed by atoms with E-state index in [0.717, 1.165) is 18.5 Å². The minimum atomic E-state index is 0.153. The first kappa shape index (κ1) is 9.90. The van der Waals surface area contributed by atoms with E-state index in [1.165, 1.54) is 0 Å². The smallest absolute Gasteiger partial charge is 0.200 e. The summed E-state index contributed by atoms with van der Waals surface area (Å²) in [4.78, 5) is 11.6. The van der Waals surface area contributed by atoms with Gasteiger partial charge in [-0.25, -0.2) is 0 Å². The van der Waals surface area contributed by atoms with Crippen molar-refractivity contribution < 1.29 is 4.79 Å². The predicted octanol–water partition coefficient (Wildman–Crippen LogP) is 2.23. The van der Waals surface area contributed by atoms with Gasteiger partial charge in [0.05, 0.1) is 5.69 Å². The Bertz CT molecular complexity index is 384. The molecule has 0 unspecified atom stereocenters. The van der Waals surface area contributed by atoms with E-state index in [1.54, 1.807) is 5.01 Å². The summed E-state index contributed by atoms with van der Waals surface area (Å²) in [5.74, 6) is 0.153. The molecule has 3 heteroatoms. The maximum atomic E-state index is 11.6. The van der Waals surface area contributed by atoms with Crippen molar-refractivity contribution >= 4 is 17.2 Å². The molecular formula is C12H14N2O. The molecule has 1 aromatic rings. The van der Waals surface area contributed by atoms with Crippen LogP contribution < -0.4 is 5.01 Å². The van der Waals surface area contributed by atoms with Gasteiger partial charge in [0.15, 0.2) is 5.78 Å². The fourth-order valence-electron chi connectivity index (χ4n) is 1.64. The molecule has 0 radical (unpaired) electrons. The summed E-state index contributed by atoms with van der Waals surface area (Å²) < 4.78 is 0. The zero-order chi connectivity index (χ0) is 10.7. The van der Waals surface area contributed by atoms with Crippen LogP contribution in [0.4, 0.5) is 5.69 Å². The van der Waals surface area contributed by atoms with Crippen molar-refractivity contribution in [2.45, 2.75) is 19.8 Å². The third-order valence-corrected chi connectivity index (χ3v) is 2.40. The van der Waals surface area contributed by atoms with Gasteiger partial charge in [-0.1, -0.05) is 31.5 Å². The van der Waals surface area contributed by atoms with Crippen LogP contribution >= 0.6 is 0 Å². The molecule has 15 heavy (non-hydrogen) atoms. The quantitative estimate of drug-likeness (QED) is 0.753. The van der Waals surface area contributed by atoms with Gasteiger partial charge in [0, 0.05) is 0 Å². The average Bonchev–Trinajstić information content (AvgIpc) is 2.63. The van der Waals surface area contributed by atoms with Crippen molar-refractivity contribution in [3.63, 3.8) is 0 Å². The highest BCUT2D eigenvalue weighted by molar-refractivity contribution is 6.42. The number of hydrogen-bond acceptors (Lipinski definition) is 3. The Kier molecular flexibility index (Phi) is 2.81. The number of nitrogens with zero attached hydrogens (tertiary/aromatic N) is 2. The Morgan fingerprint density at radius 3 is 2.73 bits per heavy atom. The molecule has 78 valence electrons. The van der Waals surface area contributed by atoms with Crippen LogP contribution in [0.25, 0.3) is 0 Å². The molecule has 1 aliphatic rings. The second-order valence-corrected chi connectivity index (χ2v) is 3.61. The van der Waals surface area contributed by atoms with Gasteiger partial charge in [0.25, 0.3) is 0 Å². The Hall–Kier alpha value is -1.64. The van der Waals surface area contributed by atoms with Crippen LogP contribution in [0.2, 0.25) is 0 Å². The second-order valence-electron chi connectivity index (χ2n) is 3.61. The normalized spacial score (nSPS) is 15.7. The second kappa shape index (κ2) is 4.26. The van der Waals surface area contributed by atoms with E-state index in [0.29, 0.717) is 12.3 Å². The molecule has 0 bridgehead atoms. The van der Waals surface area contributed by atoms with Crippen LogP contribution in [0.3, 0.4) is 0 Å². The summed E-state index contributed by atoms with van der Waals surface area (Å²) in [5, 5.41) is 6.10. The molecule has 1 aromatic carbocycles. The molecule has 0 saturated carbocycles. The van der Waals surface area contributed by atoms with Crippen molar-refractivity contribution in [3.8, 4) is 0 Å². The molecule has 0 atom stereocenters. The SMILES string of the molecule is CCCC1=NN(c2ccccc2)CC1=O. The minimum Gasteiger partial charge on any atom is -0.291 e. The minimum absolute atomic E-state index is 0.153. The predicted molar refractivity (Wildman–Crippen MR) is 61.1 cm³/mol. The van der Waals surface area contributed by atoms with E-state index in [1.807, 2.05) is 30.3 Å². The van der Waals surface area contributed by atoms with Crippen molar-refractivity contribution in [2.24, 2.45) is 5.10 Å². The van der Waals surface area contributed by atoms with Gasteiger partial charge < -0.3 is 0 Å². The van der Waals surface area contributed by atoms with Gasteiger partial charge in [-0.2, -0.15) is 5.10 Å². The van der Waals surface area contributed by atoms with E-state index in [9.17, 15) is 4.79 Å². The lowest BCUT2D eigenvalue weighted by molar-refractivity contribution is -0.111. The molecule has 0 aliphatic carbocycles. The zero-order valence-electron chi connectivity index (χ0n) is 8.81. The number of rotatable bonds is 3. The van der Waals surface area contributed by atoms with Gasteiger partial charge in [-0.05, 0) is 18.6 Å². The van der Waals surface area contributed by atoms with E-state index < -0.39 is 0 Å².